The third-order valence-corrected chi connectivity index (χ3v) is 14.0. The van der Waals surface area contributed by atoms with Crippen LogP contribution in [0.4, 0.5) is 5.69 Å². The summed E-state index contributed by atoms with van der Waals surface area (Å²) in [6, 6.07) is 12.8. The number of thiophene rings is 1. The first-order valence-electron chi connectivity index (χ1n) is 15.5. The number of guanidine groups is 1. The summed E-state index contributed by atoms with van der Waals surface area (Å²) in [5.41, 5.74) is 10.1. The Morgan fingerprint density at radius 1 is 1.23 bits per heavy atom. The molecule has 3 heterocycles. The Balaban J connectivity index is 1.28. The molecule has 2 aliphatic heterocycles. The van der Waals surface area contributed by atoms with Crippen LogP contribution in [0, 0.1) is 5.92 Å². The van der Waals surface area contributed by atoms with E-state index in [0.29, 0.717) is 48.3 Å². The Morgan fingerprint density at radius 2 is 2.04 bits per heavy atom. The van der Waals surface area contributed by atoms with E-state index in [1.807, 2.05) is 18.2 Å². The van der Waals surface area contributed by atoms with Gasteiger partial charge in [-0.2, -0.15) is 0 Å². The number of anilines is 1. The van der Waals surface area contributed by atoms with Gasteiger partial charge in [0.2, 0.25) is 0 Å². The van der Waals surface area contributed by atoms with Crippen molar-refractivity contribution in [1.82, 2.24) is 13.3 Å². The molecule has 1 unspecified atom stereocenters. The minimum atomic E-state index is -1.79. The molecule has 2 atom stereocenters. The van der Waals surface area contributed by atoms with E-state index in [2.05, 4.69) is 59.0 Å². The zero-order valence-corrected chi connectivity index (χ0v) is 33.8. The zero-order chi connectivity index (χ0) is 34.0. The number of amides is 1. The van der Waals surface area contributed by atoms with Crippen LogP contribution in [0.3, 0.4) is 0 Å². The molecule has 16 heteroatoms. The summed E-state index contributed by atoms with van der Waals surface area (Å²) in [4.78, 5) is 43.5. The number of likely N-dealkylation sites (tertiary alicyclic amines) is 1. The van der Waals surface area contributed by atoms with Crippen molar-refractivity contribution in [3.8, 4) is 16.9 Å². The number of nitrogens with one attached hydrogen (secondary N) is 3. The molecule has 0 aliphatic carbocycles. The number of hydrogen-bond donors (Lipinski definition) is 5. The number of hydrogen-bond acceptors (Lipinski definition) is 8. The third-order valence-electron chi connectivity index (χ3n) is 8.23. The van der Waals surface area contributed by atoms with Gasteiger partial charge in [-0.25, -0.2) is 4.21 Å². The quantitative estimate of drug-likeness (QED) is 0.0380. The van der Waals surface area contributed by atoms with Crippen LogP contribution in [0.15, 0.2) is 57.7 Å². The molecule has 1 amide bonds. The molecule has 2 radical (unpaired) electrons. The number of aliphatic imine (C=N–C) groups is 1. The number of nitrogens with zero attached hydrogens (tertiary/aromatic N) is 2. The van der Waals surface area contributed by atoms with E-state index in [0.717, 1.165) is 72.4 Å². The molecule has 0 bridgehead atoms. The first kappa shape index (κ1) is 36.7. The van der Waals surface area contributed by atoms with Gasteiger partial charge in [-0.15, -0.1) is 0 Å². The summed E-state index contributed by atoms with van der Waals surface area (Å²) in [6.07, 6.45) is 4.14. The van der Waals surface area contributed by atoms with Gasteiger partial charge in [0, 0.05) is 18.9 Å². The molecular formula is C32H37IN6O6PbS2. The summed E-state index contributed by atoms with van der Waals surface area (Å²) in [5.74, 6) is -0.620. The summed E-state index contributed by atoms with van der Waals surface area (Å²) >= 11 is 2.46. The van der Waals surface area contributed by atoms with E-state index in [1.54, 1.807) is 11.4 Å². The molecule has 48 heavy (non-hydrogen) atoms. The molecule has 5 rings (SSSR count). The SMILES string of the molecule is NC(=NCCC[C@H](NC(=O)c1sccc1NS(=O)c1cc(-c2cccc(CN3CCC(C=O)CC3)c2)cc2c1OCC2)C(=O)O)[NH][Pb][I]. The molecular weight excluding hydrogens is 963 g/mol. The third kappa shape index (κ3) is 9.75. The van der Waals surface area contributed by atoms with Crippen LogP contribution in [0.25, 0.3) is 11.1 Å². The van der Waals surface area contributed by atoms with Crippen LogP contribution < -0.4 is 23.6 Å². The average Bonchev–Trinajstić information content (AvgIpc) is 3.76. The topological polar surface area (TPSA) is 175 Å². The number of nitrogens with two attached hydrogens (primary N) is 1. The second-order valence-corrected chi connectivity index (χ2v) is 20.1. The number of carbonyl (C=O) groups excluding carboxylic acids is 2. The Labute approximate surface area is 307 Å². The predicted molar refractivity (Wildman–Crippen MR) is 197 cm³/mol. The number of carbonyl (C=O) groups is 3. The van der Waals surface area contributed by atoms with Crippen molar-refractivity contribution in [2.45, 2.75) is 49.6 Å². The second kappa shape index (κ2) is 17.9. The first-order chi connectivity index (χ1) is 23.2. The van der Waals surface area contributed by atoms with Crippen molar-refractivity contribution in [3.63, 3.8) is 0 Å². The van der Waals surface area contributed by atoms with Crippen LogP contribution in [0.2, 0.25) is 0 Å². The maximum absolute atomic E-state index is 13.9. The summed E-state index contributed by atoms with van der Waals surface area (Å²) < 4.78 is 25.8. The van der Waals surface area contributed by atoms with Crippen molar-refractivity contribution in [3.05, 3.63) is 63.8 Å². The first-order valence-corrected chi connectivity index (χ1v) is 30.4. The number of aldehydes is 1. The Kier molecular flexibility index (Phi) is 13.6. The number of benzene rings is 2. The number of aliphatic carboxylic acids is 1. The molecule has 254 valence electrons. The molecule has 1 aromatic heterocycles. The molecule has 1 saturated heterocycles. The van der Waals surface area contributed by atoms with Crippen molar-refractivity contribution in [2.24, 2.45) is 16.6 Å². The Hall–Kier alpha value is -2.62. The van der Waals surface area contributed by atoms with E-state index in [-0.39, 0.29) is 17.2 Å². The van der Waals surface area contributed by atoms with E-state index >= 15 is 0 Å². The summed E-state index contributed by atoms with van der Waals surface area (Å²) in [5, 5.41) is 14.0. The van der Waals surface area contributed by atoms with Crippen LogP contribution in [0.1, 0.15) is 46.5 Å². The Morgan fingerprint density at radius 3 is 2.79 bits per heavy atom. The number of carboxylic acids is 1. The van der Waals surface area contributed by atoms with E-state index in [9.17, 15) is 23.7 Å². The molecule has 1 fully saturated rings. The summed E-state index contributed by atoms with van der Waals surface area (Å²) in [7, 11) is -1.79. The van der Waals surface area contributed by atoms with Crippen LogP contribution in [-0.2, 0) is 33.5 Å². The number of piperidine rings is 1. The van der Waals surface area contributed by atoms with E-state index < -0.39 is 49.1 Å². The molecule has 2 aromatic carbocycles. The fraction of sp³-hybridized carbons (Fsp3) is 0.375. The number of halogens is 1. The predicted octanol–water partition coefficient (Wildman–Crippen LogP) is 3.73. The van der Waals surface area contributed by atoms with Gasteiger partial charge in [0.25, 0.3) is 0 Å². The fourth-order valence-electron chi connectivity index (χ4n) is 5.72. The molecule has 0 saturated carbocycles. The van der Waals surface area contributed by atoms with Crippen molar-refractivity contribution >= 4 is 90.1 Å². The molecule has 0 spiro atoms. The van der Waals surface area contributed by atoms with Gasteiger partial charge in [-0.1, -0.05) is 18.2 Å². The molecule has 12 nitrogen and oxygen atoms in total. The Bertz CT molecular complexity index is 1680. The van der Waals surface area contributed by atoms with Gasteiger partial charge in [0.05, 0.1) is 6.61 Å². The van der Waals surface area contributed by atoms with Gasteiger partial charge in [-0.05, 0) is 66.4 Å². The number of ether oxygens (including phenoxy) is 1. The standard InChI is InChI=1S/C32H38N6O6S2.HI.Pb/c33-32(34)35-10-2-5-26(31(41)42)36-30(40)29-25(9-14-45-29)37-46(43)27-17-24(16-23-8-13-44-28(23)27)22-4-1-3-21(15-22)18-38-11-6-20(19-39)7-12-38;;/h1,3-4,9,14-17,19-20,26H,2,5-8,10-13,18H2,(H7,33,34,35,36,37,40,41,42);1H;/q;;+2/p-2/t26-,46?;;/m0../s1. The van der Waals surface area contributed by atoms with Crippen molar-refractivity contribution in [1.29, 1.82) is 0 Å². The normalized spacial score (nSPS) is 16.4. The fourth-order valence-corrected chi connectivity index (χ4v) is 10.7. The van der Waals surface area contributed by atoms with Crippen LogP contribution in [-0.4, -0.2) is 90.9 Å². The number of rotatable bonds is 15. The van der Waals surface area contributed by atoms with E-state index in [1.165, 1.54) is 0 Å². The second-order valence-electron chi connectivity index (χ2n) is 11.5. The molecule has 6 N–H and O–H groups in total. The van der Waals surface area contributed by atoms with Gasteiger partial charge < -0.3 is 9.53 Å². The number of fused-ring (bicyclic) bond motifs is 1. The van der Waals surface area contributed by atoms with Crippen molar-refractivity contribution < 1.29 is 28.4 Å². The zero-order valence-electron chi connectivity index (χ0n) is 26.1. The van der Waals surface area contributed by atoms with Gasteiger partial charge in [0.15, 0.2) is 11.0 Å². The van der Waals surface area contributed by atoms with Crippen molar-refractivity contribution in [2.75, 3.05) is 31.0 Å². The van der Waals surface area contributed by atoms with Crippen LogP contribution in [0.5, 0.6) is 5.75 Å². The van der Waals surface area contributed by atoms with Gasteiger partial charge in [-0.3, -0.25) is 4.90 Å². The average molecular weight is 1000 g/mol. The monoisotopic (exact) mass is 1000 g/mol. The number of carboxylic acid groups (broad SMARTS) is 1. The van der Waals surface area contributed by atoms with Gasteiger partial charge in [0.1, 0.15) is 16.9 Å². The maximum atomic E-state index is 13.9. The summed E-state index contributed by atoms with van der Waals surface area (Å²) in [6.45, 7) is 3.40. The van der Waals surface area contributed by atoms with Gasteiger partial charge >= 0.3 is 153 Å². The molecule has 3 aromatic rings. The van der Waals surface area contributed by atoms with Crippen LogP contribution >= 0.6 is 29.1 Å². The molecule has 2 aliphatic rings. The minimum absolute atomic E-state index is 0.154. The van der Waals surface area contributed by atoms with E-state index in [4.69, 9.17) is 10.5 Å².